The average Bonchev–Trinajstić information content (AvgIpc) is 3.00. The number of hydrogen-bond acceptors (Lipinski definition) is 4. The van der Waals surface area contributed by atoms with Gasteiger partial charge in [0, 0.05) is 37.8 Å². The van der Waals surface area contributed by atoms with Gasteiger partial charge in [0.05, 0.1) is 6.54 Å². The van der Waals surface area contributed by atoms with Gasteiger partial charge in [0.25, 0.3) is 0 Å². The highest BCUT2D eigenvalue weighted by atomic mass is 16.5. The molecule has 2 aromatic carbocycles. The van der Waals surface area contributed by atoms with E-state index in [-0.39, 0.29) is 17.9 Å². The van der Waals surface area contributed by atoms with Gasteiger partial charge in [-0.25, -0.2) is 0 Å². The van der Waals surface area contributed by atoms with Gasteiger partial charge >= 0.3 is 0 Å². The van der Waals surface area contributed by atoms with E-state index in [9.17, 15) is 4.79 Å². The minimum absolute atomic E-state index is 0.0639. The van der Waals surface area contributed by atoms with Gasteiger partial charge in [-0.1, -0.05) is 36.4 Å². The van der Waals surface area contributed by atoms with E-state index in [4.69, 9.17) is 14.2 Å². The number of nitrogens with zero attached hydrogens (tertiary/aromatic N) is 1. The third-order valence-corrected chi connectivity index (χ3v) is 5.69. The third-order valence-electron chi connectivity index (χ3n) is 5.69. The van der Waals surface area contributed by atoms with Gasteiger partial charge in [-0.2, -0.15) is 0 Å². The molecule has 154 valence electrons. The molecule has 5 nitrogen and oxygen atoms in total. The lowest BCUT2D eigenvalue weighted by Gasteiger charge is -2.28. The smallest absolute Gasteiger partial charge is 0.226 e. The number of hydrogen-bond donors (Lipinski definition) is 0. The molecule has 0 aliphatic carbocycles. The molecule has 1 fully saturated rings. The number of carbonyl (C=O) groups excluding carboxylic acids is 1. The summed E-state index contributed by atoms with van der Waals surface area (Å²) in [6.45, 7) is 5.71. The Bertz CT molecular complexity index is 817. The number of benzene rings is 2. The van der Waals surface area contributed by atoms with Gasteiger partial charge < -0.3 is 19.1 Å². The molecule has 4 rings (SSSR count). The maximum absolute atomic E-state index is 13.0. The number of carbonyl (C=O) groups is 1. The van der Waals surface area contributed by atoms with Crippen LogP contribution in [-0.2, 0) is 20.8 Å². The highest BCUT2D eigenvalue weighted by molar-refractivity contribution is 5.79. The monoisotopic (exact) mass is 395 g/mol. The van der Waals surface area contributed by atoms with E-state index in [0.717, 1.165) is 35.3 Å². The summed E-state index contributed by atoms with van der Waals surface area (Å²) in [5.74, 6) is 1.15. The number of amides is 1. The molecule has 1 saturated heterocycles. The van der Waals surface area contributed by atoms with Gasteiger partial charge in [0.15, 0.2) is 0 Å². The van der Waals surface area contributed by atoms with E-state index >= 15 is 0 Å². The first-order valence-electron chi connectivity index (χ1n) is 10.5. The summed E-state index contributed by atoms with van der Waals surface area (Å²) in [5.41, 5.74) is 3.25. The van der Waals surface area contributed by atoms with Crippen molar-refractivity contribution in [3.63, 3.8) is 0 Å². The fraction of sp³-hybridized carbons (Fsp3) is 0.458. The molecule has 2 aliphatic heterocycles. The molecule has 1 atom stereocenters. The molecule has 0 saturated carbocycles. The van der Waals surface area contributed by atoms with Gasteiger partial charge in [-0.3, -0.25) is 4.79 Å². The van der Waals surface area contributed by atoms with E-state index in [1.165, 1.54) is 0 Å². The summed E-state index contributed by atoms with van der Waals surface area (Å²) >= 11 is 0. The molecule has 2 aliphatic rings. The van der Waals surface area contributed by atoms with Crippen molar-refractivity contribution in [3.8, 4) is 5.75 Å². The van der Waals surface area contributed by atoms with Crippen LogP contribution < -0.4 is 4.74 Å². The van der Waals surface area contributed by atoms with Gasteiger partial charge in [-0.15, -0.1) is 0 Å². The number of rotatable bonds is 5. The van der Waals surface area contributed by atoms with Crippen LogP contribution in [0.2, 0.25) is 0 Å². The zero-order chi connectivity index (χ0) is 20.1. The minimum atomic E-state index is -0.130. The molecule has 0 aromatic heterocycles. The fourth-order valence-electron chi connectivity index (χ4n) is 4.15. The van der Waals surface area contributed by atoms with Crippen LogP contribution in [0.3, 0.4) is 0 Å². The Hall–Kier alpha value is -2.37. The Morgan fingerprint density at radius 1 is 1.10 bits per heavy atom. The molecule has 2 aromatic rings. The summed E-state index contributed by atoms with van der Waals surface area (Å²) < 4.78 is 17.4. The van der Waals surface area contributed by atoms with Gasteiger partial charge in [0.1, 0.15) is 18.5 Å². The van der Waals surface area contributed by atoms with Crippen molar-refractivity contribution in [1.29, 1.82) is 0 Å². The summed E-state index contributed by atoms with van der Waals surface area (Å²) in [5, 5.41) is 0. The lowest BCUT2D eigenvalue weighted by Crippen LogP contribution is -2.39. The molecule has 0 N–H and O–H groups in total. The van der Waals surface area contributed by atoms with Crippen LogP contribution in [0.15, 0.2) is 48.5 Å². The minimum Gasteiger partial charge on any atom is -0.491 e. The normalized spacial score (nSPS) is 18.4. The maximum atomic E-state index is 13.0. The second-order valence-corrected chi connectivity index (χ2v) is 7.61. The molecule has 29 heavy (non-hydrogen) atoms. The standard InChI is InChI=1S/C24H29NO4/c1-2-28-23(18-6-4-3-5-7-18)20-8-9-22-21(16-20)17-25(12-15-29-22)24(26)19-10-13-27-14-11-19/h3-9,16,19,23H,2,10-15,17H2,1H3. The quantitative estimate of drug-likeness (QED) is 0.769. The second kappa shape index (κ2) is 9.42. The molecule has 5 heteroatoms. The van der Waals surface area contributed by atoms with Crippen molar-refractivity contribution < 1.29 is 19.0 Å². The predicted molar refractivity (Wildman–Crippen MR) is 111 cm³/mol. The van der Waals surface area contributed by atoms with E-state index in [2.05, 4.69) is 24.3 Å². The SMILES string of the molecule is CCOC(c1ccccc1)c1ccc2c(c1)CN(C(=O)C1CCOCC1)CCO2. The second-order valence-electron chi connectivity index (χ2n) is 7.61. The first-order chi connectivity index (χ1) is 14.3. The van der Waals surface area contributed by atoms with E-state index in [1.54, 1.807) is 0 Å². The van der Waals surface area contributed by atoms with E-state index in [1.807, 2.05) is 36.1 Å². The first-order valence-corrected chi connectivity index (χ1v) is 10.5. The number of fused-ring (bicyclic) bond motifs is 1. The summed E-state index contributed by atoms with van der Waals surface area (Å²) in [6.07, 6.45) is 1.49. The Morgan fingerprint density at radius 2 is 1.90 bits per heavy atom. The van der Waals surface area contributed by atoms with Crippen molar-refractivity contribution in [3.05, 3.63) is 65.2 Å². The summed E-state index contributed by atoms with van der Waals surface area (Å²) in [7, 11) is 0. The van der Waals surface area contributed by atoms with Crippen LogP contribution in [0.4, 0.5) is 0 Å². The van der Waals surface area contributed by atoms with Crippen LogP contribution in [0.25, 0.3) is 0 Å². The highest BCUT2D eigenvalue weighted by Gasteiger charge is 2.28. The van der Waals surface area contributed by atoms with Crippen LogP contribution >= 0.6 is 0 Å². The lowest BCUT2D eigenvalue weighted by molar-refractivity contribution is -0.139. The zero-order valence-electron chi connectivity index (χ0n) is 17.0. The largest absolute Gasteiger partial charge is 0.491 e. The van der Waals surface area contributed by atoms with Crippen molar-refractivity contribution in [2.75, 3.05) is 33.0 Å². The molecular formula is C24H29NO4. The summed E-state index contributed by atoms with van der Waals surface area (Å²) in [6, 6.07) is 16.5. The number of ether oxygens (including phenoxy) is 3. The van der Waals surface area contributed by atoms with E-state index in [0.29, 0.717) is 39.5 Å². The van der Waals surface area contributed by atoms with Crippen molar-refractivity contribution >= 4 is 5.91 Å². The van der Waals surface area contributed by atoms with Crippen molar-refractivity contribution in [2.45, 2.75) is 32.4 Å². The fourth-order valence-corrected chi connectivity index (χ4v) is 4.15. The van der Waals surface area contributed by atoms with Gasteiger partial charge in [-0.05, 0) is 43.0 Å². The van der Waals surface area contributed by atoms with Crippen LogP contribution in [0.1, 0.15) is 42.6 Å². The molecule has 0 radical (unpaired) electrons. The lowest BCUT2D eigenvalue weighted by atomic mass is 9.97. The highest BCUT2D eigenvalue weighted by Crippen LogP contribution is 2.32. The summed E-state index contributed by atoms with van der Waals surface area (Å²) in [4.78, 5) is 15.0. The third kappa shape index (κ3) is 4.62. The zero-order valence-corrected chi connectivity index (χ0v) is 17.0. The molecule has 1 amide bonds. The molecular weight excluding hydrogens is 366 g/mol. The Morgan fingerprint density at radius 3 is 2.66 bits per heavy atom. The Kier molecular flexibility index (Phi) is 6.47. The Labute approximate surface area is 172 Å². The van der Waals surface area contributed by atoms with Gasteiger partial charge in [0.2, 0.25) is 5.91 Å². The average molecular weight is 395 g/mol. The first kappa shape index (κ1) is 19.9. The topological polar surface area (TPSA) is 48.0 Å². The predicted octanol–water partition coefficient (Wildman–Crippen LogP) is 3.96. The van der Waals surface area contributed by atoms with Crippen LogP contribution in [-0.4, -0.2) is 43.8 Å². The maximum Gasteiger partial charge on any atom is 0.226 e. The molecule has 0 bridgehead atoms. The molecule has 0 spiro atoms. The van der Waals surface area contributed by atoms with E-state index < -0.39 is 0 Å². The van der Waals surface area contributed by atoms with Crippen molar-refractivity contribution in [2.24, 2.45) is 5.92 Å². The molecule has 1 unspecified atom stereocenters. The van der Waals surface area contributed by atoms with Crippen LogP contribution in [0, 0.1) is 5.92 Å². The van der Waals surface area contributed by atoms with Crippen LogP contribution in [0.5, 0.6) is 5.75 Å². The Balaban J connectivity index is 1.58. The molecule has 2 heterocycles. The van der Waals surface area contributed by atoms with Crippen molar-refractivity contribution in [1.82, 2.24) is 4.90 Å².